The molecule has 1 aliphatic rings. The lowest BCUT2D eigenvalue weighted by molar-refractivity contribution is -0.127. The van der Waals surface area contributed by atoms with Crippen molar-refractivity contribution in [1.29, 1.82) is 0 Å². The Balaban J connectivity index is 2.52. The number of nitrogens with zero attached hydrogens (tertiary/aromatic N) is 2. The Labute approximate surface area is 103 Å². The summed E-state index contributed by atoms with van der Waals surface area (Å²) in [6, 6.07) is 0.108. The fourth-order valence-corrected chi connectivity index (χ4v) is 2.00. The van der Waals surface area contributed by atoms with E-state index in [1.807, 2.05) is 25.1 Å². The summed E-state index contributed by atoms with van der Waals surface area (Å²) in [7, 11) is 5.61. The number of likely N-dealkylation sites (tertiary alicyclic amines) is 1. The maximum atomic E-state index is 12.0. The number of methoxy groups -OCH3 is 1. The number of hydrogen-bond acceptors (Lipinski definition) is 4. The van der Waals surface area contributed by atoms with Crippen molar-refractivity contribution in [2.75, 3.05) is 40.8 Å². The van der Waals surface area contributed by atoms with Crippen molar-refractivity contribution in [2.45, 2.75) is 18.6 Å². The Kier molecular flexibility index (Phi) is 5.61. The van der Waals surface area contributed by atoms with E-state index < -0.39 is 0 Å². The Bertz CT molecular complexity index is 279. The van der Waals surface area contributed by atoms with E-state index in [2.05, 4.69) is 0 Å². The van der Waals surface area contributed by atoms with E-state index in [1.165, 1.54) is 0 Å². The van der Waals surface area contributed by atoms with Gasteiger partial charge >= 0.3 is 0 Å². The first-order valence-corrected chi connectivity index (χ1v) is 5.93. The van der Waals surface area contributed by atoms with Gasteiger partial charge in [-0.1, -0.05) is 6.08 Å². The molecule has 0 saturated carbocycles. The topological polar surface area (TPSA) is 58.8 Å². The molecule has 0 aromatic carbocycles. The molecule has 1 heterocycles. The van der Waals surface area contributed by atoms with Gasteiger partial charge in [-0.05, 0) is 20.5 Å². The summed E-state index contributed by atoms with van der Waals surface area (Å²) in [6.45, 7) is 1.90. The third-order valence-corrected chi connectivity index (χ3v) is 3.00. The first-order chi connectivity index (χ1) is 8.08. The Morgan fingerprint density at radius 2 is 2.29 bits per heavy atom. The highest BCUT2D eigenvalue weighted by Crippen LogP contribution is 2.19. The monoisotopic (exact) mass is 241 g/mol. The lowest BCUT2D eigenvalue weighted by atomic mass is 10.2. The molecule has 0 aliphatic carbocycles. The minimum Gasteiger partial charge on any atom is -0.380 e. The van der Waals surface area contributed by atoms with E-state index >= 15 is 0 Å². The molecular formula is C12H23N3O2. The molecule has 1 saturated heterocycles. The zero-order valence-electron chi connectivity index (χ0n) is 10.9. The van der Waals surface area contributed by atoms with Gasteiger partial charge in [0.1, 0.15) is 0 Å². The molecule has 1 fully saturated rings. The smallest absolute Gasteiger partial charge is 0.246 e. The van der Waals surface area contributed by atoms with E-state index in [-0.39, 0.29) is 18.1 Å². The summed E-state index contributed by atoms with van der Waals surface area (Å²) in [6.07, 6.45) is 4.45. The lowest BCUT2D eigenvalue weighted by Crippen LogP contribution is -2.39. The van der Waals surface area contributed by atoms with Gasteiger partial charge in [0.15, 0.2) is 0 Å². The van der Waals surface area contributed by atoms with Crippen LogP contribution in [0.15, 0.2) is 12.2 Å². The third-order valence-electron chi connectivity index (χ3n) is 3.00. The predicted octanol–water partition coefficient (Wildman–Crippen LogP) is -0.321. The summed E-state index contributed by atoms with van der Waals surface area (Å²) in [4.78, 5) is 15.8. The number of carbonyl (C=O) groups is 1. The molecule has 1 rings (SSSR count). The van der Waals surface area contributed by atoms with Gasteiger partial charge in [-0.2, -0.15) is 0 Å². The molecule has 2 N–H and O–H groups in total. The van der Waals surface area contributed by atoms with E-state index in [0.29, 0.717) is 13.1 Å². The summed E-state index contributed by atoms with van der Waals surface area (Å²) in [5, 5.41) is 0. The fourth-order valence-electron chi connectivity index (χ4n) is 2.00. The SMILES string of the molecule is CO[C@H]1CC(CN)N(C(=O)/C=C/CN(C)C)C1. The molecule has 0 aromatic heterocycles. The lowest BCUT2D eigenvalue weighted by Gasteiger charge is -2.21. The van der Waals surface area contributed by atoms with Crippen LogP contribution in [0.2, 0.25) is 0 Å². The highest BCUT2D eigenvalue weighted by Gasteiger charge is 2.33. The first kappa shape index (κ1) is 14.2. The van der Waals surface area contributed by atoms with Gasteiger partial charge in [0.2, 0.25) is 5.91 Å². The molecule has 98 valence electrons. The van der Waals surface area contributed by atoms with Crippen molar-refractivity contribution in [3.63, 3.8) is 0 Å². The average molecular weight is 241 g/mol. The van der Waals surface area contributed by atoms with Crippen molar-refractivity contribution in [3.05, 3.63) is 12.2 Å². The Hall–Kier alpha value is -0.910. The van der Waals surface area contributed by atoms with Crippen LogP contribution < -0.4 is 5.73 Å². The second kappa shape index (κ2) is 6.74. The molecule has 0 spiro atoms. The zero-order chi connectivity index (χ0) is 12.8. The number of amides is 1. The summed E-state index contributed by atoms with van der Waals surface area (Å²) >= 11 is 0. The van der Waals surface area contributed by atoms with E-state index in [1.54, 1.807) is 18.1 Å². The number of carbonyl (C=O) groups excluding carboxylic acids is 1. The molecule has 2 atom stereocenters. The van der Waals surface area contributed by atoms with Crippen LogP contribution >= 0.6 is 0 Å². The normalized spacial score (nSPS) is 25.1. The number of nitrogens with two attached hydrogens (primary N) is 1. The minimum absolute atomic E-state index is 0.0295. The second-order valence-corrected chi connectivity index (χ2v) is 4.64. The number of likely N-dealkylation sites (N-methyl/N-ethyl adjacent to an activating group) is 1. The average Bonchev–Trinajstić information content (AvgIpc) is 2.71. The fraction of sp³-hybridized carbons (Fsp3) is 0.750. The second-order valence-electron chi connectivity index (χ2n) is 4.64. The van der Waals surface area contributed by atoms with E-state index in [9.17, 15) is 4.79 Å². The standard InChI is InChI=1S/C12H23N3O2/c1-14(2)6-4-5-12(16)15-9-11(17-3)7-10(15)8-13/h4-5,10-11H,6-9,13H2,1-3H3/b5-4+/t10?,11-/m0/s1. The number of ether oxygens (including phenoxy) is 1. The zero-order valence-corrected chi connectivity index (χ0v) is 10.9. The molecule has 0 aromatic rings. The molecule has 0 bridgehead atoms. The summed E-state index contributed by atoms with van der Waals surface area (Å²) in [5.41, 5.74) is 5.67. The Morgan fingerprint density at radius 1 is 1.59 bits per heavy atom. The molecule has 5 heteroatoms. The molecule has 5 nitrogen and oxygen atoms in total. The van der Waals surface area contributed by atoms with Crippen LogP contribution in [0.4, 0.5) is 0 Å². The molecule has 1 unspecified atom stereocenters. The Morgan fingerprint density at radius 3 is 2.82 bits per heavy atom. The summed E-state index contributed by atoms with van der Waals surface area (Å²) < 4.78 is 5.28. The largest absolute Gasteiger partial charge is 0.380 e. The maximum absolute atomic E-state index is 12.0. The summed E-state index contributed by atoms with van der Waals surface area (Å²) in [5.74, 6) is 0.0295. The molecule has 1 amide bonds. The van der Waals surface area contributed by atoms with Crippen LogP contribution in [0.3, 0.4) is 0 Å². The van der Waals surface area contributed by atoms with Crippen LogP contribution in [0, 0.1) is 0 Å². The van der Waals surface area contributed by atoms with Crippen LogP contribution in [-0.2, 0) is 9.53 Å². The quantitative estimate of drug-likeness (QED) is 0.670. The maximum Gasteiger partial charge on any atom is 0.246 e. The van der Waals surface area contributed by atoms with E-state index in [4.69, 9.17) is 10.5 Å². The van der Waals surface area contributed by atoms with Crippen LogP contribution in [0.5, 0.6) is 0 Å². The van der Waals surface area contributed by atoms with Crippen molar-refractivity contribution in [3.8, 4) is 0 Å². The number of hydrogen-bond donors (Lipinski definition) is 1. The minimum atomic E-state index is 0.0295. The van der Waals surface area contributed by atoms with Crippen molar-refractivity contribution in [2.24, 2.45) is 5.73 Å². The van der Waals surface area contributed by atoms with Crippen LogP contribution in [0.1, 0.15) is 6.42 Å². The van der Waals surface area contributed by atoms with Gasteiger partial charge in [0.25, 0.3) is 0 Å². The molecular weight excluding hydrogens is 218 g/mol. The van der Waals surface area contributed by atoms with Crippen molar-refractivity contribution >= 4 is 5.91 Å². The van der Waals surface area contributed by atoms with Crippen molar-refractivity contribution in [1.82, 2.24) is 9.80 Å². The molecule has 17 heavy (non-hydrogen) atoms. The third kappa shape index (κ3) is 4.11. The van der Waals surface area contributed by atoms with Gasteiger partial charge in [-0.3, -0.25) is 4.79 Å². The van der Waals surface area contributed by atoms with E-state index in [0.717, 1.165) is 13.0 Å². The van der Waals surface area contributed by atoms with Gasteiger partial charge < -0.3 is 20.3 Å². The number of rotatable bonds is 5. The first-order valence-electron chi connectivity index (χ1n) is 5.93. The van der Waals surface area contributed by atoms with Crippen LogP contribution in [-0.4, -0.2) is 68.7 Å². The van der Waals surface area contributed by atoms with Gasteiger partial charge in [-0.15, -0.1) is 0 Å². The molecule has 1 aliphatic heterocycles. The van der Waals surface area contributed by atoms with Gasteiger partial charge in [0, 0.05) is 38.9 Å². The van der Waals surface area contributed by atoms with Gasteiger partial charge in [-0.25, -0.2) is 0 Å². The highest BCUT2D eigenvalue weighted by molar-refractivity contribution is 5.88. The highest BCUT2D eigenvalue weighted by atomic mass is 16.5. The van der Waals surface area contributed by atoms with Gasteiger partial charge in [0.05, 0.1) is 6.10 Å². The van der Waals surface area contributed by atoms with Crippen LogP contribution in [0.25, 0.3) is 0 Å². The molecule has 0 radical (unpaired) electrons. The predicted molar refractivity (Wildman–Crippen MR) is 67.7 cm³/mol. The van der Waals surface area contributed by atoms with Crippen molar-refractivity contribution < 1.29 is 9.53 Å².